The summed E-state index contributed by atoms with van der Waals surface area (Å²) in [6.07, 6.45) is 5.69. The molecule has 3 nitrogen and oxygen atoms in total. The fraction of sp³-hybridized carbons (Fsp3) is 1.00. The van der Waals surface area contributed by atoms with Crippen molar-refractivity contribution in [2.24, 2.45) is 17.6 Å². The van der Waals surface area contributed by atoms with E-state index in [-0.39, 0.29) is 0 Å². The molecule has 3 atom stereocenters. The van der Waals surface area contributed by atoms with Gasteiger partial charge < -0.3 is 10.5 Å². The molecule has 2 N–H and O–H groups in total. The highest BCUT2D eigenvalue weighted by Gasteiger charge is 2.36. The molecule has 17 heavy (non-hydrogen) atoms. The van der Waals surface area contributed by atoms with Gasteiger partial charge in [0.1, 0.15) is 0 Å². The van der Waals surface area contributed by atoms with Crippen molar-refractivity contribution in [1.29, 1.82) is 0 Å². The maximum Gasteiger partial charge on any atom is 0.0730 e. The molecule has 0 radical (unpaired) electrons. The first-order valence-corrected chi connectivity index (χ1v) is 7.26. The van der Waals surface area contributed by atoms with Gasteiger partial charge in [0.25, 0.3) is 0 Å². The molecule has 0 aromatic rings. The molecule has 1 saturated carbocycles. The smallest absolute Gasteiger partial charge is 0.0730 e. The molecular weight excluding hydrogens is 212 g/mol. The lowest BCUT2D eigenvalue weighted by atomic mass is 9.95. The van der Waals surface area contributed by atoms with Crippen LogP contribution in [-0.4, -0.2) is 43.3 Å². The van der Waals surface area contributed by atoms with Gasteiger partial charge in [0.2, 0.25) is 0 Å². The summed E-state index contributed by atoms with van der Waals surface area (Å²) < 4.78 is 5.86. The van der Waals surface area contributed by atoms with Crippen LogP contribution < -0.4 is 5.73 Å². The Balaban J connectivity index is 1.87. The van der Waals surface area contributed by atoms with Gasteiger partial charge >= 0.3 is 0 Å². The van der Waals surface area contributed by atoms with Crippen molar-refractivity contribution >= 4 is 0 Å². The molecule has 0 aromatic carbocycles. The van der Waals surface area contributed by atoms with Crippen molar-refractivity contribution in [3.63, 3.8) is 0 Å². The first-order chi connectivity index (χ1) is 8.20. The molecule has 1 aliphatic heterocycles. The summed E-state index contributed by atoms with van der Waals surface area (Å²) in [5.41, 5.74) is 5.92. The van der Waals surface area contributed by atoms with Crippen molar-refractivity contribution < 1.29 is 4.74 Å². The summed E-state index contributed by atoms with van der Waals surface area (Å²) >= 11 is 0. The monoisotopic (exact) mass is 240 g/mol. The number of rotatable bonds is 5. The molecule has 0 amide bonds. The minimum atomic E-state index is 0.515. The SMILES string of the molecule is CC(C)CC(CN)CN1CCOC2CCCC21. The van der Waals surface area contributed by atoms with Gasteiger partial charge in [-0.1, -0.05) is 13.8 Å². The summed E-state index contributed by atoms with van der Waals surface area (Å²) in [4.78, 5) is 2.65. The lowest BCUT2D eigenvalue weighted by Gasteiger charge is -2.39. The van der Waals surface area contributed by atoms with Crippen molar-refractivity contribution in [3.8, 4) is 0 Å². The van der Waals surface area contributed by atoms with E-state index >= 15 is 0 Å². The Morgan fingerprint density at radius 3 is 2.88 bits per heavy atom. The van der Waals surface area contributed by atoms with E-state index in [1.54, 1.807) is 0 Å². The van der Waals surface area contributed by atoms with E-state index in [2.05, 4.69) is 18.7 Å². The molecular formula is C14H28N2O. The molecule has 100 valence electrons. The van der Waals surface area contributed by atoms with Crippen LogP contribution in [0.4, 0.5) is 0 Å². The number of nitrogens with zero attached hydrogens (tertiary/aromatic N) is 1. The Labute approximate surface area is 106 Å². The molecule has 2 fully saturated rings. The molecule has 0 aromatic heterocycles. The summed E-state index contributed by atoms with van der Waals surface area (Å²) in [6.45, 7) is 8.61. The van der Waals surface area contributed by atoms with Gasteiger partial charge in [-0.15, -0.1) is 0 Å². The average molecular weight is 240 g/mol. The van der Waals surface area contributed by atoms with E-state index in [0.29, 0.717) is 18.1 Å². The first-order valence-electron chi connectivity index (χ1n) is 7.26. The number of hydrogen-bond acceptors (Lipinski definition) is 3. The summed E-state index contributed by atoms with van der Waals surface area (Å²) in [7, 11) is 0. The van der Waals surface area contributed by atoms with Crippen molar-refractivity contribution in [2.75, 3.05) is 26.2 Å². The molecule has 1 saturated heterocycles. The third-order valence-electron chi connectivity index (χ3n) is 4.23. The van der Waals surface area contributed by atoms with Gasteiger partial charge in [0, 0.05) is 19.1 Å². The van der Waals surface area contributed by atoms with Crippen molar-refractivity contribution in [3.05, 3.63) is 0 Å². The lowest BCUT2D eigenvalue weighted by Crippen LogP contribution is -2.50. The van der Waals surface area contributed by atoms with E-state index in [1.807, 2.05) is 0 Å². The van der Waals surface area contributed by atoms with Crippen LogP contribution in [0.2, 0.25) is 0 Å². The van der Waals surface area contributed by atoms with Crippen LogP contribution in [0.15, 0.2) is 0 Å². The molecule has 0 spiro atoms. The Morgan fingerprint density at radius 1 is 1.35 bits per heavy atom. The van der Waals surface area contributed by atoms with Crippen molar-refractivity contribution in [1.82, 2.24) is 4.90 Å². The minimum Gasteiger partial charge on any atom is -0.375 e. The highest BCUT2D eigenvalue weighted by Crippen LogP contribution is 2.30. The first kappa shape index (κ1) is 13.3. The van der Waals surface area contributed by atoms with E-state index in [4.69, 9.17) is 10.5 Å². The van der Waals surface area contributed by atoms with E-state index in [9.17, 15) is 0 Å². The van der Waals surface area contributed by atoms with Gasteiger partial charge in [0.05, 0.1) is 12.7 Å². The Morgan fingerprint density at radius 2 is 2.18 bits per heavy atom. The second-order valence-corrected chi connectivity index (χ2v) is 6.13. The Bertz CT molecular complexity index is 232. The molecule has 1 heterocycles. The number of nitrogens with two attached hydrogens (primary N) is 1. The van der Waals surface area contributed by atoms with Crippen LogP contribution in [0.3, 0.4) is 0 Å². The Kier molecular flexibility index (Phi) is 4.83. The van der Waals surface area contributed by atoms with Gasteiger partial charge in [-0.05, 0) is 44.1 Å². The second kappa shape index (κ2) is 6.17. The zero-order chi connectivity index (χ0) is 12.3. The highest BCUT2D eigenvalue weighted by molar-refractivity contribution is 4.90. The predicted molar refractivity (Wildman–Crippen MR) is 71.0 cm³/mol. The van der Waals surface area contributed by atoms with Gasteiger partial charge in [0.15, 0.2) is 0 Å². The van der Waals surface area contributed by atoms with Crippen LogP contribution in [-0.2, 0) is 4.74 Å². The van der Waals surface area contributed by atoms with Gasteiger partial charge in [-0.25, -0.2) is 0 Å². The molecule has 0 bridgehead atoms. The summed E-state index contributed by atoms with van der Waals surface area (Å²) in [6, 6.07) is 0.685. The zero-order valence-corrected chi connectivity index (χ0v) is 11.4. The summed E-state index contributed by atoms with van der Waals surface area (Å²) in [5.74, 6) is 1.42. The average Bonchev–Trinajstić information content (AvgIpc) is 2.76. The predicted octanol–water partition coefficient (Wildman–Crippen LogP) is 1.86. The van der Waals surface area contributed by atoms with Crippen LogP contribution in [0.1, 0.15) is 39.5 Å². The lowest BCUT2D eigenvalue weighted by molar-refractivity contribution is -0.0605. The normalized spacial score (nSPS) is 31.8. The topological polar surface area (TPSA) is 38.5 Å². The quantitative estimate of drug-likeness (QED) is 0.797. The second-order valence-electron chi connectivity index (χ2n) is 6.13. The van der Waals surface area contributed by atoms with Crippen LogP contribution >= 0.6 is 0 Å². The van der Waals surface area contributed by atoms with E-state index < -0.39 is 0 Å². The maximum absolute atomic E-state index is 5.92. The van der Waals surface area contributed by atoms with Crippen LogP contribution in [0.5, 0.6) is 0 Å². The van der Waals surface area contributed by atoms with Crippen LogP contribution in [0, 0.1) is 11.8 Å². The standard InChI is InChI=1S/C14H28N2O/c1-11(2)8-12(9-15)10-16-6-7-17-14-5-3-4-13(14)16/h11-14H,3-10,15H2,1-2H3. The van der Waals surface area contributed by atoms with Gasteiger partial charge in [-0.2, -0.15) is 0 Å². The van der Waals surface area contributed by atoms with Crippen LogP contribution in [0.25, 0.3) is 0 Å². The number of ether oxygens (including phenoxy) is 1. The van der Waals surface area contributed by atoms with Gasteiger partial charge in [-0.3, -0.25) is 4.90 Å². The fourth-order valence-electron chi connectivity index (χ4n) is 3.48. The molecule has 2 rings (SSSR count). The number of fused-ring (bicyclic) bond motifs is 1. The molecule has 2 aliphatic rings. The third kappa shape index (κ3) is 3.43. The molecule has 3 heteroatoms. The highest BCUT2D eigenvalue weighted by atomic mass is 16.5. The van der Waals surface area contributed by atoms with Crippen molar-refractivity contribution in [2.45, 2.75) is 51.7 Å². The van der Waals surface area contributed by atoms with E-state index in [1.165, 1.54) is 32.2 Å². The molecule has 3 unspecified atom stereocenters. The fourth-order valence-corrected chi connectivity index (χ4v) is 3.48. The third-order valence-corrected chi connectivity index (χ3v) is 4.23. The van der Waals surface area contributed by atoms with E-state index in [0.717, 1.165) is 25.6 Å². The summed E-state index contributed by atoms with van der Waals surface area (Å²) in [5, 5.41) is 0. The maximum atomic E-state index is 5.92. The molecule has 1 aliphatic carbocycles. The number of morpholine rings is 1. The minimum absolute atomic E-state index is 0.515. The largest absolute Gasteiger partial charge is 0.375 e. The number of hydrogen-bond donors (Lipinski definition) is 1. The zero-order valence-electron chi connectivity index (χ0n) is 11.4. The Hall–Kier alpha value is -0.120.